The van der Waals surface area contributed by atoms with Gasteiger partial charge in [0.1, 0.15) is 11.5 Å². The number of rotatable bonds is 6. The van der Waals surface area contributed by atoms with Gasteiger partial charge in [-0.25, -0.2) is 4.98 Å². The third kappa shape index (κ3) is 3.94. The van der Waals surface area contributed by atoms with E-state index in [1.165, 1.54) is 0 Å². The largest absolute Gasteiger partial charge is 0.356 e. The van der Waals surface area contributed by atoms with E-state index in [0.717, 1.165) is 61.8 Å². The lowest BCUT2D eigenvalue weighted by molar-refractivity contribution is -0.132. The van der Waals surface area contributed by atoms with Crippen LogP contribution in [0, 0.1) is 0 Å². The number of hydrogen-bond acceptors (Lipinski definition) is 5. The summed E-state index contributed by atoms with van der Waals surface area (Å²) >= 11 is 0. The zero-order valence-corrected chi connectivity index (χ0v) is 16.5. The minimum atomic E-state index is 0.121. The number of hydrogen-bond donors (Lipinski definition) is 0. The fourth-order valence-corrected chi connectivity index (χ4v) is 3.80. The summed E-state index contributed by atoms with van der Waals surface area (Å²) in [6.45, 7) is 9.57. The third-order valence-corrected chi connectivity index (χ3v) is 5.42. The lowest BCUT2D eigenvalue weighted by Gasteiger charge is -2.34. The topological polar surface area (TPSA) is 67.4 Å². The van der Waals surface area contributed by atoms with Gasteiger partial charge in [0.15, 0.2) is 5.58 Å². The van der Waals surface area contributed by atoms with Gasteiger partial charge in [0.25, 0.3) is 0 Å². The first-order valence-corrected chi connectivity index (χ1v) is 9.96. The summed E-state index contributed by atoms with van der Waals surface area (Å²) in [7, 11) is 0. The standard InChI is InChI=1S/C21H27N5O2/c1-16(2)21-22-7-8-26(21)14-11-24-9-12-25(13-10-24)20(27)15-18-17-5-3-4-6-19(17)28-23-18/h3-8,16H,9-15H2,1-2H3. The molecule has 2 aromatic heterocycles. The first-order chi connectivity index (χ1) is 13.6. The van der Waals surface area contributed by atoms with E-state index in [0.29, 0.717) is 12.3 Å². The van der Waals surface area contributed by atoms with Gasteiger partial charge >= 0.3 is 0 Å². The van der Waals surface area contributed by atoms with Gasteiger partial charge in [-0.3, -0.25) is 9.69 Å². The predicted octanol–water partition coefficient (Wildman–Crippen LogP) is 2.53. The van der Waals surface area contributed by atoms with E-state index in [9.17, 15) is 4.79 Å². The minimum absolute atomic E-state index is 0.121. The van der Waals surface area contributed by atoms with Gasteiger partial charge in [-0.05, 0) is 12.1 Å². The number of piperazine rings is 1. The van der Waals surface area contributed by atoms with Crippen molar-refractivity contribution in [3.63, 3.8) is 0 Å². The van der Waals surface area contributed by atoms with Crippen LogP contribution >= 0.6 is 0 Å². The zero-order chi connectivity index (χ0) is 19.5. The fourth-order valence-electron chi connectivity index (χ4n) is 3.80. The van der Waals surface area contributed by atoms with Gasteiger partial charge in [-0.1, -0.05) is 31.1 Å². The lowest BCUT2D eigenvalue weighted by atomic mass is 10.1. The molecule has 1 fully saturated rings. The Hall–Kier alpha value is -2.67. The van der Waals surface area contributed by atoms with Crippen molar-refractivity contribution in [2.24, 2.45) is 0 Å². The van der Waals surface area contributed by atoms with Crippen LogP contribution in [0.5, 0.6) is 0 Å². The van der Waals surface area contributed by atoms with Gasteiger partial charge in [0.05, 0.1) is 6.42 Å². The Morgan fingerprint density at radius 3 is 2.71 bits per heavy atom. The molecule has 1 aliphatic rings. The van der Waals surface area contributed by atoms with Gasteiger partial charge < -0.3 is 14.0 Å². The molecule has 4 rings (SSSR count). The molecule has 1 amide bonds. The van der Waals surface area contributed by atoms with Gasteiger partial charge in [-0.15, -0.1) is 0 Å². The molecule has 0 radical (unpaired) electrons. The maximum atomic E-state index is 12.7. The molecule has 0 N–H and O–H groups in total. The molecule has 3 aromatic rings. The van der Waals surface area contributed by atoms with Crippen LogP contribution in [-0.2, 0) is 17.8 Å². The lowest BCUT2D eigenvalue weighted by Crippen LogP contribution is -2.49. The summed E-state index contributed by atoms with van der Waals surface area (Å²) in [5, 5.41) is 5.01. The molecule has 1 aliphatic heterocycles. The molecule has 3 heterocycles. The molecule has 7 heteroatoms. The van der Waals surface area contributed by atoms with Crippen LogP contribution in [0.2, 0.25) is 0 Å². The molecule has 0 unspecified atom stereocenters. The number of aromatic nitrogens is 3. The Kier molecular flexibility index (Phi) is 5.43. The second-order valence-corrected chi connectivity index (χ2v) is 7.66. The first kappa shape index (κ1) is 18.7. The Labute approximate surface area is 164 Å². The van der Waals surface area contributed by atoms with Crippen LogP contribution in [0.3, 0.4) is 0 Å². The number of nitrogens with zero attached hydrogens (tertiary/aromatic N) is 5. The van der Waals surface area contributed by atoms with Gasteiger partial charge in [0.2, 0.25) is 5.91 Å². The summed E-state index contributed by atoms with van der Waals surface area (Å²) in [4.78, 5) is 21.5. The number of benzene rings is 1. The number of fused-ring (bicyclic) bond motifs is 1. The van der Waals surface area contributed by atoms with Crippen molar-refractivity contribution in [3.8, 4) is 0 Å². The van der Waals surface area contributed by atoms with E-state index in [4.69, 9.17) is 4.52 Å². The highest BCUT2D eigenvalue weighted by atomic mass is 16.5. The molecule has 7 nitrogen and oxygen atoms in total. The van der Waals surface area contributed by atoms with E-state index < -0.39 is 0 Å². The summed E-state index contributed by atoms with van der Waals surface area (Å²) in [6.07, 6.45) is 4.22. The number of para-hydroxylation sites is 1. The van der Waals surface area contributed by atoms with E-state index in [1.807, 2.05) is 35.4 Å². The van der Waals surface area contributed by atoms with Crippen LogP contribution in [0.1, 0.15) is 31.3 Å². The van der Waals surface area contributed by atoms with E-state index in [2.05, 4.69) is 39.7 Å². The molecule has 0 atom stereocenters. The Morgan fingerprint density at radius 1 is 1.14 bits per heavy atom. The van der Waals surface area contributed by atoms with Crippen LogP contribution in [-0.4, -0.2) is 63.1 Å². The Morgan fingerprint density at radius 2 is 1.93 bits per heavy atom. The Bertz CT molecular complexity index is 937. The SMILES string of the molecule is CC(C)c1nccn1CCN1CCN(C(=O)Cc2noc3ccccc23)CC1. The van der Waals surface area contributed by atoms with Crippen molar-refractivity contribution >= 4 is 16.9 Å². The number of carbonyl (C=O) groups excluding carboxylic acids is 1. The average Bonchev–Trinajstić information content (AvgIpc) is 3.34. The summed E-state index contributed by atoms with van der Waals surface area (Å²) < 4.78 is 7.55. The van der Waals surface area contributed by atoms with Crippen molar-refractivity contribution < 1.29 is 9.32 Å². The molecular weight excluding hydrogens is 354 g/mol. The number of amides is 1. The number of carbonyl (C=O) groups is 1. The fraction of sp³-hybridized carbons (Fsp3) is 0.476. The molecule has 0 bridgehead atoms. The maximum absolute atomic E-state index is 12.7. The van der Waals surface area contributed by atoms with Crippen molar-refractivity contribution in [2.75, 3.05) is 32.7 Å². The zero-order valence-electron chi connectivity index (χ0n) is 16.5. The van der Waals surface area contributed by atoms with Crippen molar-refractivity contribution in [1.82, 2.24) is 24.5 Å². The van der Waals surface area contributed by atoms with E-state index in [-0.39, 0.29) is 5.91 Å². The van der Waals surface area contributed by atoms with Crippen molar-refractivity contribution in [2.45, 2.75) is 32.7 Å². The molecule has 0 saturated carbocycles. The highest BCUT2D eigenvalue weighted by molar-refractivity contribution is 5.86. The highest BCUT2D eigenvalue weighted by Crippen LogP contribution is 2.19. The van der Waals surface area contributed by atoms with Crippen LogP contribution in [0.25, 0.3) is 11.0 Å². The molecule has 28 heavy (non-hydrogen) atoms. The molecule has 0 aliphatic carbocycles. The minimum Gasteiger partial charge on any atom is -0.356 e. The molecule has 148 valence electrons. The highest BCUT2D eigenvalue weighted by Gasteiger charge is 2.23. The molecule has 1 saturated heterocycles. The quantitative estimate of drug-likeness (QED) is 0.656. The van der Waals surface area contributed by atoms with E-state index in [1.54, 1.807) is 0 Å². The van der Waals surface area contributed by atoms with Crippen LogP contribution in [0.4, 0.5) is 0 Å². The average molecular weight is 381 g/mol. The predicted molar refractivity (Wildman–Crippen MR) is 107 cm³/mol. The van der Waals surface area contributed by atoms with Crippen molar-refractivity contribution in [3.05, 3.63) is 48.2 Å². The maximum Gasteiger partial charge on any atom is 0.228 e. The smallest absolute Gasteiger partial charge is 0.228 e. The number of imidazole rings is 1. The van der Waals surface area contributed by atoms with Crippen LogP contribution in [0.15, 0.2) is 41.2 Å². The normalized spacial score (nSPS) is 15.6. The Balaban J connectivity index is 1.28. The van der Waals surface area contributed by atoms with E-state index >= 15 is 0 Å². The van der Waals surface area contributed by atoms with Gasteiger partial charge in [-0.2, -0.15) is 0 Å². The second kappa shape index (κ2) is 8.14. The van der Waals surface area contributed by atoms with Crippen LogP contribution < -0.4 is 0 Å². The van der Waals surface area contributed by atoms with Crippen molar-refractivity contribution in [1.29, 1.82) is 0 Å². The molecular formula is C21H27N5O2. The first-order valence-electron chi connectivity index (χ1n) is 9.96. The van der Waals surface area contributed by atoms with Gasteiger partial charge in [0, 0.05) is 63.0 Å². The molecule has 0 spiro atoms. The second-order valence-electron chi connectivity index (χ2n) is 7.66. The monoisotopic (exact) mass is 381 g/mol. The molecule has 1 aromatic carbocycles. The summed E-state index contributed by atoms with van der Waals surface area (Å²) in [5.74, 6) is 1.68. The summed E-state index contributed by atoms with van der Waals surface area (Å²) in [6, 6.07) is 7.68. The summed E-state index contributed by atoms with van der Waals surface area (Å²) in [5.41, 5.74) is 1.46. The third-order valence-electron chi connectivity index (χ3n) is 5.42.